The molecule has 9 rings (SSSR count). The van der Waals surface area contributed by atoms with Gasteiger partial charge in [0.2, 0.25) is 17.8 Å². The van der Waals surface area contributed by atoms with E-state index in [9.17, 15) is 0 Å². The van der Waals surface area contributed by atoms with Crippen LogP contribution in [0.1, 0.15) is 60.3 Å². The van der Waals surface area contributed by atoms with Crippen molar-refractivity contribution in [2.75, 3.05) is 63.0 Å². The Hall–Kier alpha value is -6.22. The predicted octanol–water partition coefficient (Wildman–Crippen LogP) is 8.79. The summed E-state index contributed by atoms with van der Waals surface area (Å²) in [5.74, 6) is 4.59. The summed E-state index contributed by atoms with van der Waals surface area (Å²) < 4.78 is 19.0. The van der Waals surface area contributed by atoms with Crippen molar-refractivity contribution in [3.63, 3.8) is 0 Å². The summed E-state index contributed by atoms with van der Waals surface area (Å²) in [6, 6.07) is 14.1. The van der Waals surface area contributed by atoms with E-state index in [4.69, 9.17) is 71.3 Å². The van der Waals surface area contributed by atoms with Crippen molar-refractivity contribution in [1.29, 1.82) is 0 Å². The Morgan fingerprint density at radius 3 is 1.54 bits per heavy atom. The minimum atomic E-state index is 0.279. The van der Waals surface area contributed by atoms with Gasteiger partial charge in [0.25, 0.3) is 0 Å². The Bertz CT molecular complexity index is 2770. The number of halogens is 4. The van der Waals surface area contributed by atoms with E-state index in [1.165, 1.54) is 0 Å². The van der Waals surface area contributed by atoms with Gasteiger partial charge in [-0.3, -0.25) is 0 Å². The molecule has 2 aliphatic heterocycles. The van der Waals surface area contributed by atoms with Gasteiger partial charge in [0.05, 0.1) is 69.9 Å². The van der Waals surface area contributed by atoms with Crippen molar-refractivity contribution in [1.82, 2.24) is 60.4 Å². The van der Waals surface area contributed by atoms with Crippen molar-refractivity contribution >= 4 is 75.9 Å². The lowest BCUT2D eigenvalue weighted by atomic mass is 9.93. The molecule has 0 radical (unpaired) electrons. The van der Waals surface area contributed by atoms with Gasteiger partial charge < -0.3 is 39.7 Å². The van der Waals surface area contributed by atoms with Crippen molar-refractivity contribution < 1.29 is 14.2 Å². The average molecular weight is 966 g/mol. The first-order valence-corrected chi connectivity index (χ1v) is 22.0. The van der Waals surface area contributed by atoms with Crippen LogP contribution in [0.2, 0.25) is 20.1 Å². The van der Waals surface area contributed by atoms with Gasteiger partial charge in [0.15, 0.2) is 5.95 Å². The van der Waals surface area contributed by atoms with Crippen LogP contribution >= 0.6 is 46.4 Å². The largest absolute Gasteiger partial charge is 0.497 e. The lowest BCUT2D eigenvalue weighted by Crippen LogP contribution is -2.35. The Morgan fingerprint density at radius 2 is 1.09 bits per heavy atom. The maximum Gasteiger partial charge on any atom is 0.250 e. The normalized spacial score (nSPS) is 14.8. The van der Waals surface area contributed by atoms with E-state index in [1.807, 2.05) is 38.1 Å². The van der Waals surface area contributed by atoms with E-state index in [0.717, 1.165) is 86.1 Å². The quantitative estimate of drug-likeness (QED) is 0.103. The molecule has 4 aromatic heterocycles. The molecule has 2 fully saturated rings. The fourth-order valence-corrected chi connectivity index (χ4v) is 9.08. The molecule has 0 amide bonds. The second kappa shape index (κ2) is 19.9. The zero-order chi connectivity index (χ0) is 45.8. The molecule has 6 heterocycles. The maximum atomic E-state index is 6.45. The monoisotopic (exact) mass is 963 g/mol. The highest BCUT2D eigenvalue weighted by atomic mass is 35.5. The molecule has 3 aromatic carbocycles. The lowest BCUT2D eigenvalue weighted by molar-refractivity contribution is 0.414. The average Bonchev–Trinajstić information content (AvgIpc) is 4.14. The number of methoxy groups -OCH3 is 3. The summed E-state index contributed by atoms with van der Waals surface area (Å²) >= 11 is 25.2. The standard InChI is InChI=1S/C24H25Cl2N9O2.C17H20Cl2N8O/c1-14-22(28-23(27-14)30-29-16-4-6-17(36-2)7-5-16)15-8-10-34(11-9-15)24-31-32-33-35(24)20-13-21(37-3)19(26)12-18(20)25;1-9-15(22-16(20)21-9)10-3-5-26(6-4-10)17-23-24-25-27(17)13-8-14(28-2)12(19)7-11(13)18/h4-7,12-13,15H,8-11H2,1-3H3,(H,27,28);7-8,10H,3-6H2,1-2H3,(H3,20,21,22). The number of tetrazole rings is 2. The van der Waals surface area contributed by atoms with Crippen LogP contribution in [-0.4, -0.2) is 108 Å². The molecular weight excluding hydrogens is 920 g/mol. The Balaban J connectivity index is 0.000000184. The first-order valence-electron chi connectivity index (χ1n) is 20.5. The van der Waals surface area contributed by atoms with Crippen molar-refractivity contribution in [2.45, 2.75) is 51.4 Å². The number of benzene rings is 3. The molecule has 340 valence electrons. The molecule has 2 aliphatic rings. The van der Waals surface area contributed by atoms with Gasteiger partial charge in [-0.15, -0.1) is 10.2 Å². The number of nitrogens with zero attached hydrogens (tertiary/aromatic N) is 14. The van der Waals surface area contributed by atoms with Crippen LogP contribution in [0.5, 0.6) is 17.2 Å². The number of nitrogen functional groups attached to an aromatic ring is 1. The van der Waals surface area contributed by atoms with Gasteiger partial charge in [0.1, 0.15) is 17.2 Å². The number of H-pyrrole nitrogens is 2. The van der Waals surface area contributed by atoms with Crippen molar-refractivity contribution in [3.8, 4) is 28.6 Å². The zero-order valence-electron chi connectivity index (χ0n) is 36.0. The number of piperidine rings is 2. The van der Waals surface area contributed by atoms with Crippen molar-refractivity contribution in [3.05, 3.63) is 91.4 Å². The summed E-state index contributed by atoms with van der Waals surface area (Å²) in [6.45, 7) is 7.10. The summed E-state index contributed by atoms with van der Waals surface area (Å²) in [4.78, 5) is 19.8. The summed E-state index contributed by atoms with van der Waals surface area (Å²) in [5, 5.41) is 34.8. The number of imidazole rings is 2. The predicted molar refractivity (Wildman–Crippen MR) is 248 cm³/mol. The molecule has 0 unspecified atom stereocenters. The maximum absolute atomic E-state index is 6.45. The number of aryl methyl sites for hydroxylation is 2. The highest BCUT2D eigenvalue weighted by Crippen LogP contribution is 2.38. The van der Waals surface area contributed by atoms with Gasteiger partial charge in [-0.05, 0) is 96.8 Å². The summed E-state index contributed by atoms with van der Waals surface area (Å²) in [6.07, 6.45) is 3.61. The fraction of sp³-hybridized carbons (Fsp3) is 0.366. The Labute approximate surface area is 393 Å². The van der Waals surface area contributed by atoms with Gasteiger partial charge in [-0.2, -0.15) is 9.36 Å². The molecule has 0 saturated carbocycles. The molecule has 7 aromatic rings. The second-order valence-electron chi connectivity index (χ2n) is 15.3. The number of hydrogen-bond acceptors (Lipinski definition) is 16. The number of nitrogens with two attached hydrogens (primary N) is 1. The lowest BCUT2D eigenvalue weighted by Gasteiger charge is -2.31. The van der Waals surface area contributed by atoms with E-state index >= 15 is 0 Å². The highest BCUT2D eigenvalue weighted by Gasteiger charge is 2.30. The summed E-state index contributed by atoms with van der Waals surface area (Å²) in [7, 11) is 4.73. The SMILES string of the molecule is COc1cc(-n2nnnc2N2CCC(c3nc(N)[nH]c3C)CC2)c(Cl)cc1Cl.COc1ccc(N=Nc2nc(C3CCN(c4nnnn4-c4cc(OC)c(Cl)cc4Cl)CC3)c(C)[nH]2)cc1. The minimum Gasteiger partial charge on any atom is -0.497 e. The minimum absolute atomic E-state index is 0.279. The smallest absolute Gasteiger partial charge is 0.250 e. The van der Waals surface area contributed by atoms with Gasteiger partial charge in [-0.1, -0.05) is 56.6 Å². The summed E-state index contributed by atoms with van der Waals surface area (Å²) in [5.41, 5.74) is 11.8. The van der Waals surface area contributed by atoms with Crippen LogP contribution in [0.25, 0.3) is 11.4 Å². The van der Waals surface area contributed by atoms with E-state index in [2.05, 4.69) is 66.0 Å². The molecule has 65 heavy (non-hydrogen) atoms. The van der Waals surface area contributed by atoms with Crippen LogP contribution in [0, 0.1) is 13.8 Å². The first kappa shape index (κ1) is 45.4. The zero-order valence-corrected chi connectivity index (χ0v) is 39.0. The number of aromatic amines is 2. The fourth-order valence-electron chi connectivity index (χ4n) is 8.00. The number of hydrogen-bond donors (Lipinski definition) is 3. The third kappa shape index (κ3) is 9.90. The Morgan fingerprint density at radius 1 is 0.615 bits per heavy atom. The van der Waals surface area contributed by atoms with Crippen LogP contribution in [-0.2, 0) is 0 Å². The topological polar surface area (TPSA) is 229 Å². The van der Waals surface area contributed by atoms with Gasteiger partial charge >= 0.3 is 0 Å². The van der Waals surface area contributed by atoms with Gasteiger partial charge in [-0.25, -0.2) is 9.97 Å². The van der Waals surface area contributed by atoms with Crippen LogP contribution in [0.4, 0.5) is 29.5 Å². The molecule has 24 heteroatoms. The second-order valence-corrected chi connectivity index (χ2v) is 16.9. The third-order valence-electron chi connectivity index (χ3n) is 11.3. The van der Waals surface area contributed by atoms with E-state index in [0.29, 0.717) is 72.7 Å². The first-order chi connectivity index (χ1) is 31.4. The number of rotatable bonds is 11. The number of ether oxygens (including phenoxy) is 3. The van der Waals surface area contributed by atoms with Crippen molar-refractivity contribution in [2.24, 2.45) is 10.2 Å². The van der Waals surface area contributed by atoms with E-state index < -0.39 is 0 Å². The molecule has 2 saturated heterocycles. The molecular formula is C41H45Cl4N17O3. The van der Waals surface area contributed by atoms with Crippen LogP contribution in [0.15, 0.2) is 58.8 Å². The molecule has 4 N–H and O–H groups in total. The molecule has 0 bridgehead atoms. The van der Waals surface area contributed by atoms with E-state index in [1.54, 1.807) is 55.0 Å². The Kier molecular flexibility index (Phi) is 13.9. The molecule has 0 spiro atoms. The highest BCUT2D eigenvalue weighted by molar-refractivity contribution is 6.37. The number of nitrogens with one attached hydrogen (secondary N) is 2. The number of anilines is 3. The third-order valence-corrected chi connectivity index (χ3v) is 12.5. The molecule has 20 nitrogen and oxygen atoms in total. The number of azo groups is 1. The number of aromatic nitrogens is 12. The van der Waals surface area contributed by atoms with Gasteiger partial charge in [0, 0.05) is 61.5 Å². The van der Waals surface area contributed by atoms with Crippen LogP contribution < -0.4 is 29.7 Å². The van der Waals surface area contributed by atoms with Crippen LogP contribution in [0.3, 0.4) is 0 Å². The molecule has 0 aliphatic carbocycles. The van der Waals surface area contributed by atoms with E-state index in [-0.39, 0.29) is 5.92 Å². The molecule has 0 atom stereocenters.